The molecule has 4 aromatic rings. The average Bonchev–Trinajstić information content (AvgIpc) is 2.93. The summed E-state index contributed by atoms with van der Waals surface area (Å²) in [6.45, 7) is 0. The van der Waals surface area contributed by atoms with Crippen molar-refractivity contribution in [1.82, 2.24) is 0 Å². The van der Waals surface area contributed by atoms with Gasteiger partial charge in [-0.2, -0.15) is 0 Å². The lowest BCUT2D eigenvalue weighted by Gasteiger charge is -2.40. The van der Waals surface area contributed by atoms with Gasteiger partial charge in [0.1, 0.15) is 46.7 Å². The van der Waals surface area contributed by atoms with Crippen LogP contribution in [0.15, 0.2) is 54.6 Å². The molecule has 0 unspecified atom stereocenters. The highest BCUT2D eigenvalue weighted by molar-refractivity contribution is 5.65. The third-order valence-corrected chi connectivity index (χ3v) is 7.67. The molecule has 0 aliphatic carbocycles. The number of aliphatic hydroxyl groups excluding tert-OH is 2. The quantitative estimate of drug-likeness (QED) is 0.159. The van der Waals surface area contributed by atoms with Crippen LogP contribution in [0.5, 0.6) is 57.5 Å². The van der Waals surface area contributed by atoms with Gasteiger partial charge in [-0.15, -0.1) is 0 Å². The van der Waals surface area contributed by atoms with E-state index in [1.807, 2.05) is 0 Å². The Bertz CT molecular complexity index is 1720. The highest BCUT2D eigenvalue weighted by atomic mass is 16.5. The highest BCUT2D eigenvalue weighted by Gasteiger charge is 2.46. The molecule has 12 heteroatoms. The Kier molecular flexibility index (Phi) is 6.24. The van der Waals surface area contributed by atoms with Crippen LogP contribution in [-0.4, -0.2) is 63.3 Å². The first kappa shape index (κ1) is 27.0. The highest BCUT2D eigenvalue weighted by Crippen LogP contribution is 2.57. The first-order valence-corrected chi connectivity index (χ1v) is 12.8. The summed E-state index contributed by atoms with van der Waals surface area (Å²) in [6.07, 6.45) is -5.43. The molecule has 0 amide bonds. The number of hydrogen-bond donors (Lipinski definition) is 10. The zero-order chi connectivity index (χ0) is 30.0. The van der Waals surface area contributed by atoms with E-state index in [0.717, 1.165) is 12.1 Å². The van der Waals surface area contributed by atoms with Gasteiger partial charge in [-0.1, -0.05) is 12.1 Å². The second-order valence-electron chi connectivity index (χ2n) is 10.3. The molecule has 0 aromatic heterocycles. The van der Waals surface area contributed by atoms with E-state index >= 15 is 0 Å². The summed E-state index contributed by atoms with van der Waals surface area (Å²) in [5, 5.41) is 105. The Morgan fingerprint density at radius 3 is 1.76 bits per heavy atom. The second-order valence-corrected chi connectivity index (χ2v) is 10.3. The molecule has 0 spiro atoms. The van der Waals surface area contributed by atoms with Gasteiger partial charge in [-0.3, -0.25) is 0 Å². The molecule has 6 rings (SSSR count). The molecule has 42 heavy (non-hydrogen) atoms. The van der Waals surface area contributed by atoms with Crippen molar-refractivity contribution in [2.75, 3.05) is 0 Å². The molecule has 5 atom stereocenters. The van der Waals surface area contributed by atoms with Crippen LogP contribution in [0.3, 0.4) is 0 Å². The Balaban J connectivity index is 1.55. The molecule has 0 saturated heterocycles. The molecule has 0 saturated carbocycles. The lowest BCUT2D eigenvalue weighted by atomic mass is 9.77. The molecular formula is C30H26O12. The maximum absolute atomic E-state index is 11.8. The van der Waals surface area contributed by atoms with Crippen LogP contribution in [0, 0.1) is 0 Å². The van der Waals surface area contributed by atoms with Gasteiger partial charge >= 0.3 is 0 Å². The molecule has 0 fully saturated rings. The predicted octanol–water partition coefficient (Wildman–Crippen LogP) is 3.00. The van der Waals surface area contributed by atoms with Gasteiger partial charge in [-0.25, -0.2) is 0 Å². The maximum atomic E-state index is 11.8. The number of aliphatic hydroxyl groups is 2. The monoisotopic (exact) mass is 578 g/mol. The number of ether oxygens (including phenoxy) is 2. The van der Waals surface area contributed by atoms with Crippen molar-refractivity contribution in [2.24, 2.45) is 0 Å². The van der Waals surface area contributed by atoms with E-state index in [2.05, 4.69) is 0 Å². The lowest BCUT2D eigenvalue weighted by Crippen LogP contribution is -2.36. The Labute approximate surface area is 237 Å². The fourth-order valence-corrected chi connectivity index (χ4v) is 5.71. The molecule has 0 bridgehead atoms. The largest absolute Gasteiger partial charge is 0.508 e. The smallest absolute Gasteiger partial charge is 0.157 e. The number of benzene rings is 4. The molecule has 10 N–H and O–H groups in total. The van der Waals surface area contributed by atoms with E-state index in [1.54, 1.807) is 0 Å². The van der Waals surface area contributed by atoms with Crippen LogP contribution in [0.4, 0.5) is 0 Å². The molecule has 2 aliphatic rings. The zero-order valence-corrected chi connectivity index (χ0v) is 21.6. The van der Waals surface area contributed by atoms with E-state index in [-0.39, 0.29) is 51.5 Å². The average molecular weight is 579 g/mol. The van der Waals surface area contributed by atoms with E-state index in [0.29, 0.717) is 0 Å². The number of rotatable bonds is 3. The number of hydrogen-bond acceptors (Lipinski definition) is 12. The summed E-state index contributed by atoms with van der Waals surface area (Å²) in [4.78, 5) is 0. The molecule has 0 radical (unpaired) electrons. The van der Waals surface area contributed by atoms with Crippen LogP contribution < -0.4 is 9.47 Å². The van der Waals surface area contributed by atoms with Crippen molar-refractivity contribution < 1.29 is 60.5 Å². The molecule has 12 nitrogen and oxygen atoms in total. The topological polar surface area (TPSA) is 221 Å². The van der Waals surface area contributed by atoms with E-state index < -0.39 is 70.6 Å². The number of phenolic OH excluding ortho intramolecular Hbond substituents is 8. The van der Waals surface area contributed by atoms with Gasteiger partial charge < -0.3 is 60.5 Å². The number of aromatic hydroxyl groups is 8. The molecule has 2 heterocycles. The summed E-state index contributed by atoms with van der Waals surface area (Å²) in [5.41, 5.74) is 0.435. The molecular weight excluding hydrogens is 552 g/mol. The minimum absolute atomic E-state index is 0.0312. The van der Waals surface area contributed by atoms with Crippen molar-refractivity contribution in [3.63, 3.8) is 0 Å². The molecule has 2 aliphatic heterocycles. The van der Waals surface area contributed by atoms with Crippen LogP contribution in [0.1, 0.15) is 45.9 Å². The third kappa shape index (κ3) is 4.24. The van der Waals surface area contributed by atoms with Crippen LogP contribution in [0.2, 0.25) is 0 Å². The predicted molar refractivity (Wildman–Crippen MR) is 143 cm³/mol. The van der Waals surface area contributed by atoms with Crippen molar-refractivity contribution in [1.29, 1.82) is 0 Å². The van der Waals surface area contributed by atoms with Gasteiger partial charge in [0.05, 0.1) is 12.0 Å². The van der Waals surface area contributed by atoms with Crippen molar-refractivity contribution in [2.45, 2.75) is 36.8 Å². The fourth-order valence-electron chi connectivity index (χ4n) is 5.71. The molecule has 4 aromatic carbocycles. The minimum Gasteiger partial charge on any atom is -0.508 e. The fraction of sp³-hybridized carbons (Fsp3) is 0.200. The van der Waals surface area contributed by atoms with Crippen molar-refractivity contribution in [3.8, 4) is 57.5 Å². The van der Waals surface area contributed by atoms with E-state index in [4.69, 9.17) is 9.47 Å². The summed E-state index contributed by atoms with van der Waals surface area (Å²) in [6, 6.07) is 10.8. The van der Waals surface area contributed by atoms with Gasteiger partial charge in [0.2, 0.25) is 0 Å². The maximum Gasteiger partial charge on any atom is 0.157 e. The Hall–Kier alpha value is -5.20. The van der Waals surface area contributed by atoms with Gasteiger partial charge in [0, 0.05) is 41.3 Å². The summed E-state index contributed by atoms with van der Waals surface area (Å²) in [5.74, 6) is -5.08. The third-order valence-electron chi connectivity index (χ3n) is 7.67. The molecule has 218 valence electrons. The zero-order valence-electron chi connectivity index (χ0n) is 21.6. The Morgan fingerprint density at radius 2 is 1.14 bits per heavy atom. The summed E-state index contributed by atoms with van der Waals surface area (Å²) >= 11 is 0. The Morgan fingerprint density at radius 1 is 0.548 bits per heavy atom. The van der Waals surface area contributed by atoms with Gasteiger partial charge in [0.25, 0.3) is 0 Å². The number of fused-ring (bicyclic) bond motifs is 2. The van der Waals surface area contributed by atoms with E-state index in [9.17, 15) is 51.1 Å². The number of phenols is 8. The van der Waals surface area contributed by atoms with Crippen molar-refractivity contribution >= 4 is 0 Å². The summed E-state index contributed by atoms with van der Waals surface area (Å²) in [7, 11) is 0. The van der Waals surface area contributed by atoms with Gasteiger partial charge in [-0.05, 0) is 35.4 Å². The normalized spacial score (nSPS) is 22.9. The van der Waals surface area contributed by atoms with E-state index in [1.165, 1.54) is 42.5 Å². The standard InChI is InChI=1S/C30H26O12/c31-13-7-20(37)24-23(8-13)41-29(12-2-4-16(33)19(36)6-12)27(40)26(24)25-21(38)10-17(34)14-9-22(39)28(42-30(14)25)11-1-3-15(32)18(35)5-11/h1-8,10,22,26-29,31-40H,9H2/t22-,26+,27-,28+,29-/m1/s1. The van der Waals surface area contributed by atoms with Gasteiger partial charge in [0.15, 0.2) is 29.1 Å². The second kappa shape index (κ2) is 9.72. The van der Waals surface area contributed by atoms with Crippen LogP contribution >= 0.6 is 0 Å². The van der Waals surface area contributed by atoms with Crippen molar-refractivity contribution in [3.05, 3.63) is 82.4 Å². The minimum atomic E-state index is -1.59. The first-order chi connectivity index (χ1) is 19.9. The van der Waals surface area contributed by atoms with Crippen LogP contribution in [-0.2, 0) is 6.42 Å². The summed E-state index contributed by atoms with van der Waals surface area (Å²) < 4.78 is 12.1. The lowest BCUT2D eigenvalue weighted by molar-refractivity contribution is 0.00115. The SMILES string of the molecule is Oc1cc(O)c2c(c1)O[C@H](c1ccc(O)c(O)c1)[C@H](O)[C@@H]2c1c(O)cc(O)c2c1O[C@@H](c1ccc(O)c(O)c1)[C@H](O)C2. The van der Waals surface area contributed by atoms with Crippen LogP contribution in [0.25, 0.3) is 0 Å². The first-order valence-electron chi connectivity index (χ1n) is 12.8.